The highest BCUT2D eigenvalue weighted by molar-refractivity contribution is 6.31. The fourth-order valence-corrected chi connectivity index (χ4v) is 3.63. The molecule has 1 fully saturated rings. The highest BCUT2D eigenvalue weighted by Gasteiger charge is 2.27. The molecule has 3 aromatic rings. The van der Waals surface area contributed by atoms with Crippen LogP contribution in [-0.4, -0.2) is 22.9 Å². The van der Waals surface area contributed by atoms with Crippen molar-refractivity contribution in [3.05, 3.63) is 92.1 Å². The maximum Gasteiger partial charge on any atom is 0.268 e. The number of pyridine rings is 1. The van der Waals surface area contributed by atoms with Crippen molar-refractivity contribution in [2.45, 2.75) is 25.8 Å². The lowest BCUT2D eigenvalue weighted by molar-refractivity contribution is -0.118. The molecule has 1 N–H and O–H groups in total. The van der Waals surface area contributed by atoms with Crippen LogP contribution >= 0.6 is 11.6 Å². The molecule has 0 unspecified atom stereocenters. The number of aromatic nitrogens is 1. The van der Waals surface area contributed by atoms with Crippen molar-refractivity contribution >= 4 is 29.0 Å². The van der Waals surface area contributed by atoms with Crippen LogP contribution in [0.2, 0.25) is 5.02 Å². The van der Waals surface area contributed by atoms with E-state index in [4.69, 9.17) is 16.3 Å². The van der Waals surface area contributed by atoms with E-state index in [9.17, 15) is 24.0 Å². The van der Waals surface area contributed by atoms with Crippen LogP contribution in [0.3, 0.4) is 0 Å². The number of hydrogen-bond donors (Lipinski definition) is 1. The van der Waals surface area contributed by atoms with Crippen LogP contribution in [0.5, 0.6) is 5.75 Å². The molecule has 0 aliphatic heterocycles. The second-order valence-electron chi connectivity index (χ2n) is 7.99. The van der Waals surface area contributed by atoms with Gasteiger partial charge in [0.2, 0.25) is 0 Å². The number of nitrogens with zero attached hydrogens (tertiary/aromatic N) is 2. The van der Waals surface area contributed by atoms with Crippen molar-refractivity contribution < 1.29 is 18.7 Å². The molecule has 0 radical (unpaired) electrons. The number of benzene rings is 2. The number of aryl methyl sites for hydroxylation is 1. The molecular weight excluding hydrogens is 461 g/mol. The number of carbonyl (C=O) groups excluding carboxylic acids is 2. The van der Waals surface area contributed by atoms with Gasteiger partial charge in [0.05, 0.1) is 10.6 Å². The molecule has 0 spiro atoms. The molecule has 4 rings (SSSR count). The van der Waals surface area contributed by atoms with Gasteiger partial charge in [-0.05, 0) is 56.2 Å². The molecule has 1 saturated carbocycles. The Labute approximate surface area is 199 Å². The van der Waals surface area contributed by atoms with E-state index in [1.165, 1.54) is 29.0 Å². The normalized spacial score (nSPS) is 12.6. The maximum atomic E-state index is 13.3. The summed E-state index contributed by atoms with van der Waals surface area (Å²) in [5, 5.41) is 11.8. The van der Waals surface area contributed by atoms with Crippen molar-refractivity contribution in [3.8, 4) is 11.8 Å². The summed E-state index contributed by atoms with van der Waals surface area (Å²) in [4.78, 5) is 38.1. The van der Waals surface area contributed by atoms with Crippen LogP contribution in [0.25, 0.3) is 0 Å². The number of nitriles is 1. The Morgan fingerprint density at radius 2 is 2.00 bits per heavy atom. The van der Waals surface area contributed by atoms with Gasteiger partial charge in [0, 0.05) is 23.5 Å². The Balaban J connectivity index is 1.56. The fraction of sp³-hybridized carbons (Fsp3) is 0.200. The summed E-state index contributed by atoms with van der Waals surface area (Å²) in [6.45, 7) is 1.39. The van der Waals surface area contributed by atoms with Crippen molar-refractivity contribution in [2.75, 3.05) is 11.9 Å². The number of rotatable bonds is 7. The van der Waals surface area contributed by atoms with E-state index >= 15 is 0 Å². The third-order valence-corrected chi connectivity index (χ3v) is 5.60. The van der Waals surface area contributed by atoms with E-state index in [1.807, 2.05) is 6.07 Å². The number of nitrogens with one attached hydrogen (secondary N) is 1. The minimum absolute atomic E-state index is 0.00996. The van der Waals surface area contributed by atoms with E-state index in [2.05, 4.69) is 5.32 Å². The molecule has 2 aromatic carbocycles. The zero-order chi connectivity index (χ0) is 24.4. The number of anilines is 1. The summed E-state index contributed by atoms with van der Waals surface area (Å²) < 4.78 is 20.4. The molecule has 9 heteroatoms. The van der Waals surface area contributed by atoms with Gasteiger partial charge in [-0.25, -0.2) is 4.39 Å². The number of ketones is 1. The molecule has 1 amide bonds. The van der Waals surface area contributed by atoms with Gasteiger partial charge in [-0.15, -0.1) is 0 Å². The van der Waals surface area contributed by atoms with Crippen molar-refractivity contribution in [2.24, 2.45) is 0 Å². The summed E-state index contributed by atoms with van der Waals surface area (Å²) in [6, 6.07) is 11.8. The number of halogens is 2. The predicted molar refractivity (Wildman–Crippen MR) is 124 cm³/mol. The first-order valence-electron chi connectivity index (χ1n) is 10.5. The Hall–Kier alpha value is -3.96. The van der Waals surface area contributed by atoms with Crippen molar-refractivity contribution in [1.82, 2.24) is 4.57 Å². The lowest BCUT2D eigenvalue weighted by atomic mass is 10.0. The molecule has 1 aliphatic rings. The highest BCUT2D eigenvalue weighted by atomic mass is 35.5. The summed E-state index contributed by atoms with van der Waals surface area (Å²) in [6.07, 6.45) is 3.10. The van der Waals surface area contributed by atoms with Crippen LogP contribution in [0, 0.1) is 24.1 Å². The lowest BCUT2D eigenvalue weighted by Crippen LogP contribution is -2.24. The van der Waals surface area contributed by atoms with Crippen LogP contribution in [0.15, 0.2) is 53.5 Å². The molecule has 0 atom stereocenters. The zero-order valence-electron chi connectivity index (χ0n) is 18.1. The molecule has 34 heavy (non-hydrogen) atoms. The number of hydrogen-bond acceptors (Lipinski definition) is 5. The second-order valence-corrected chi connectivity index (χ2v) is 8.40. The minimum atomic E-state index is -0.605. The Bertz CT molecular complexity index is 1410. The van der Waals surface area contributed by atoms with Gasteiger partial charge in [-0.2, -0.15) is 5.26 Å². The maximum absolute atomic E-state index is 13.3. The average Bonchev–Trinajstić information content (AvgIpc) is 3.65. The van der Waals surface area contributed by atoms with Gasteiger partial charge in [0.1, 0.15) is 23.2 Å². The van der Waals surface area contributed by atoms with Gasteiger partial charge >= 0.3 is 0 Å². The zero-order valence-corrected chi connectivity index (χ0v) is 18.9. The van der Waals surface area contributed by atoms with Crippen LogP contribution < -0.4 is 15.6 Å². The Kier molecular flexibility index (Phi) is 6.48. The largest absolute Gasteiger partial charge is 0.483 e. The quantitative estimate of drug-likeness (QED) is 0.506. The van der Waals surface area contributed by atoms with E-state index in [-0.39, 0.29) is 33.5 Å². The van der Waals surface area contributed by atoms with E-state index < -0.39 is 29.7 Å². The van der Waals surface area contributed by atoms with E-state index in [0.717, 1.165) is 24.5 Å². The summed E-state index contributed by atoms with van der Waals surface area (Å²) in [5.74, 6) is -1.40. The monoisotopic (exact) mass is 479 g/mol. The standard InChI is InChI=1S/C25H19ClFN3O4/c1-14-2-7-22(34-13-23(31)29-17-3-6-21(27)20(26)10-17)19(8-14)24(32)16-9-15(11-28)25(33)30(12-16)18-4-5-18/h2-3,6-10,12,18H,4-5,13H2,1H3,(H,29,31). The molecule has 1 aliphatic carbocycles. The smallest absolute Gasteiger partial charge is 0.268 e. The Morgan fingerprint density at radius 3 is 2.68 bits per heavy atom. The molecule has 0 bridgehead atoms. The fourth-order valence-electron chi connectivity index (χ4n) is 3.45. The van der Waals surface area contributed by atoms with E-state index in [0.29, 0.717) is 5.69 Å². The SMILES string of the molecule is Cc1ccc(OCC(=O)Nc2ccc(F)c(Cl)c2)c(C(=O)c2cc(C#N)c(=O)n(C3CC3)c2)c1. The predicted octanol–water partition coefficient (Wildman–Crippen LogP) is 4.40. The number of ether oxygens (including phenoxy) is 1. The third kappa shape index (κ3) is 5.00. The first-order chi connectivity index (χ1) is 16.3. The molecule has 1 aromatic heterocycles. The van der Waals surface area contributed by atoms with Gasteiger partial charge in [0.15, 0.2) is 12.4 Å². The topological polar surface area (TPSA) is 101 Å². The van der Waals surface area contributed by atoms with Crippen LogP contribution in [0.1, 0.15) is 45.9 Å². The van der Waals surface area contributed by atoms with Crippen molar-refractivity contribution in [3.63, 3.8) is 0 Å². The van der Waals surface area contributed by atoms with Gasteiger partial charge in [-0.3, -0.25) is 14.4 Å². The Morgan fingerprint density at radius 1 is 1.24 bits per heavy atom. The lowest BCUT2D eigenvalue weighted by Gasteiger charge is -2.13. The number of amides is 1. The molecule has 7 nitrogen and oxygen atoms in total. The first-order valence-corrected chi connectivity index (χ1v) is 10.8. The number of carbonyl (C=O) groups is 2. The second kappa shape index (κ2) is 9.49. The first kappa shape index (κ1) is 23.2. The summed E-state index contributed by atoms with van der Waals surface area (Å²) in [7, 11) is 0. The summed E-state index contributed by atoms with van der Waals surface area (Å²) >= 11 is 5.73. The van der Waals surface area contributed by atoms with Crippen LogP contribution in [0.4, 0.5) is 10.1 Å². The van der Waals surface area contributed by atoms with Crippen LogP contribution in [-0.2, 0) is 4.79 Å². The summed E-state index contributed by atoms with van der Waals surface area (Å²) in [5.41, 5.74) is 0.945. The van der Waals surface area contributed by atoms with Crippen molar-refractivity contribution in [1.29, 1.82) is 5.26 Å². The third-order valence-electron chi connectivity index (χ3n) is 5.31. The van der Waals surface area contributed by atoms with Gasteiger partial charge in [-0.1, -0.05) is 23.2 Å². The average molecular weight is 480 g/mol. The molecule has 1 heterocycles. The van der Waals surface area contributed by atoms with Gasteiger partial charge in [0.25, 0.3) is 11.5 Å². The highest BCUT2D eigenvalue weighted by Crippen LogP contribution is 2.34. The molecular formula is C25H19ClFN3O4. The molecule has 0 saturated heterocycles. The molecule has 172 valence electrons. The van der Waals surface area contributed by atoms with Gasteiger partial charge < -0.3 is 14.6 Å². The minimum Gasteiger partial charge on any atom is -0.483 e. The van der Waals surface area contributed by atoms with E-state index in [1.54, 1.807) is 25.1 Å².